The summed E-state index contributed by atoms with van der Waals surface area (Å²) < 4.78 is 27.8. The van der Waals surface area contributed by atoms with Crippen LogP contribution in [0.3, 0.4) is 0 Å². The second-order valence-corrected chi connectivity index (χ2v) is 8.02. The number of hydrogen-bond donors (Lipinski definition) is 1. The Bertz CT molecular complexity index is 1170. The summed E-state index contributed by atoms with van der Waals surface area (Å²) >= 11 is 5.83. The molecule has 1 aromatic heterocycles. The number of hydrogen-bond acceptors (Lipinski definition) is 4. The van der Waals surface area contributed by atoms with Crippen LogP contribution in [0.15, 0.2) is 52.3 Å². The minimum atomic E-state index is -3.93. The van der Waals surface area contributed by atoms with Crippen molar-refractivity contribution in [2.75, 3.05) is 0 Å². The molecule has 3 aromatic rings. The molecule has 0 atom stereocenters. The van der Waals surface area contributed by atoms with Gasteiger partial charge in [0.1, 0.15) is 11.4 Å². The number of nitriles is 1. The standard InChI is InChI=1S/C18H13ClN2O4S/c1-11-18(26(24,25)14-5-3-13(19)4-6-14)15-8-12(9-20)2-7-16(15)21(11)10-17(22)23/h2-8H,10H2,1H3,(H,22,23). The molecule has 0 bridgehead atoms. The number of benzene rings is 2. The molecule has 6 nitrogen and oxygen atoms in total. The van der Waals surface area contributed by atoms with E-state index in [1.165, 1.54) is 41.0 Å². The maximum absolute atomic E-state index is 13.2. The van der Waals surface area contributed by atoms with Gasteiger partial charge in [0.2, 0.25) is 9.84 Å². The molecule has 0 aliphatic rings. The highest BCUT2D eigenvalue weighted by atomic mass is 35.5. The van der Waals surface area contributed by atoms with Gasteiger partial charge in [-0.25, -0.2) is 8.42 Å². The molecule has 0 amide bonds. The second kappa shape index (κ2) is 6.48. The fourth-order valence-corrected chi connectivity index (χ4v) is 4.74. The molecule has 0 aliphatic heterocycles. The minimum Gasteiger partial charge on any atom is -0.480 e. The molecule has 26 heavy (non-hydrogen) atoms. The van der Waals surface area contributed by atoms with Crippen LogP contribution in [0.25, 0.3) is 10.9 Å². The average Bonchev–Trinajstić information content (AvgIpc) is 2.86. The van der Waals surface area contributed by atoms with Gasteiger partial charge in [0.15, 0.2) is 0 Å². The summed E-state index contributed by atoms with van der Waals surface area (Å²) in [4.78, 5) is 11.3. The second-order valence-electron chi connectivity index (χ2n) is 5.70. The molecule has 2 aromatic carbocycles. The summed E-state index contributed by atoms with van der Waals surface area (Å²) in [6, 6.07) is 12.3. The molecule has 0 fully saturated rings. The first-order valence-corrected chi connectivity index (χ1v) is 9.37. The number of fused-ring (bicyclic) bond motifs is 1. The van der Waals surface area contributed by atoms with Crippen molar-refractivity contribution in [2.45, 2.75) is 23.3 Å². The molecule has 0 saturated carbocycles. The number of rotatable bonds is 4. The van der Waals surface area contributed by atoms with Gasteiger partial charge in [0.25, 0.3) is 0 Å². The van der Waals surface area contributed by atoms with Gasteiger partial charge in [-0.3, -0.25) is 4.79 Å². The van der Waals surface area contributed by atoms with Crippen molar-refractivity contribution in [3.8, 4) is 6.07 Å². The summed E-state index contributed by atoms with van der Waals surface area (Å²) in [5.74, 6) is -1.09. The molecule has 0 spiro atoms. The maximum atomic E-state index is 13.2. The Morgan fingerprint density at radius 1 is 1.23 bits per heavy atom. The van der Waals surface area contributed by atoms with E-state index >= 15 is 0 Å². The number of carboxylic acids is 1. The van der Waals surface area contributed by atoms with E-state index in [0.717, 1.165) is 0 Å². The van der Waals surface area contributed by atoms with E-state index in [1.807, 2.05) is 6.07 Å². The molecule has 3 rings (SSSR count). The van der Waals surface area contributed by atoms with Crippen LogP contribution in [0.1, 0.15) is 11.3 Å². The Kier molecular flexibility index (Phi) is 4.48. The Morgan fingerprint density at radius 2 is 1.88 bits per heavy atom. The van der Waals surface area contributed by atoms with Gasteiger partial charge < -0.3 is 9.67 Å². The van der Waals surface area contributed by atoms with Crippen molar-refractivity contribution in [3.63, 3.8) is 0 Å². The number of nitrogens with zero attached hydrogens (tertiary/aromatic N) is 2. The van der Waals surface area contributed by atoms with E-state index in [2.05, 4.69) is 0 Å². The van der Waals surface area contributed by atoms with Crippen molar-refractivity contribution in [3.05, 3.63) is 58.7 Å². The number of carbonyl (C=O) groups is 1. The normalized spacial score (nSPS) is 11.4. The molecule has 0 radical (unpaired) electrons. The monoisotopic (exact) mass is 388 g/mol. The van der Waals surface area contributed by atoms with E-state index in [-0.39, 0.29) is 21.9 Å². The van der Waals surface area contributed by atoms with Crippen LogP contribution in [0.5, 0.6) is 0 Å². The number of carboxylic acid groups (broad SMARTS) is 1. The minimum absolute atomic E-state index is 0.00632. The lowest BCUT2D eigenvalue weighted by Gasteiger charge is -2.07. The summed E-state index contributed by atoms with van der Waals surface area (Å²) in [6.45, 7) is 1.17. The molecule has 132 valence electrons. The van der Waals surface area contributed by atoms with E-state index in [0.29, 0.717) is 21.6 Å². The van der Waals surface area contributed by atoms with Crippen LogP contribution < -0.4 is 0 Å². The smallest absolute Gasteiger partial charge is 0.323 e. The lowest BCUT2D eigenvalue weighted by atomic mass is 10.2. The predicted octanol–water partition coefficient (Wildman–Crippen LogP) is 3.39. The van der Waals surface area contributed by atoms with Crippen LogP contribution in [0, 0.1) is 18.3 Å². The maximum Gasteiger partial charge on any atom is 0.323 e. The lowest BCUT2D eigenvalue weighted by Crippen LogP contribution is -2.11. The SMILES string of the molecule is Cc1c(S(=O)(=O)c2ccc(Cl)cc2)c2cc(C#N)ccc2n1CC(=O)O. The Morgan fingerprint density at radius 3 is 2.46 bits per heavy atom. The molecule has 8 heteroatoms. The van der Waals surface area contributed by atoms with E-state index in [9.17, 15) is 18.3 Å². The summed E-state index contributed by atoms with van der Waals surface area (Å²) in [7, 11) is -3.93. The van der Waals surface area contributed by atoms with Crippen LogP contribution in [0.2, 0.25) is 5.02 Å². The van der Waals surface area contributed by atoms with Crippen LogP contribution in [-0.4, -0.2) is 24.1 Å². The van der Waals surface area contributed by atoms with Crippen molar-refractivity contribution in [2.24, 2.45) is 0 Å². The van der Waals surface area contributed by atoms with Crippen LogP contribution in [0.4, 0.5) is 0 Å². The molecular formula is C18H13ClN2O4S. The van der Waals surface area contributed by atoms with Crippen molar-refractivity contribution < 1.29 is 18.3 Å². The van der Waals surface area contributed by atoms with Crippen molar-refractivity contribution >= 4 is 38.3 Å². The predicted molar refractivity (Wildman–Crippen MR) is 95.9 cm³/mol. The summed E-state index contributed by atoms with van der Waals surface area (Å²) in [5, 5.41) is 19.0. The van der Waals surface area contributed by atoms with E-state index < -0.39 is 15.8 Å². The molecule has 1 heterocycles. The quantitative estimate of drug-likeness (QED) is 0.738. The zero-order valence-corrected chi connectivity index (χ0v) is 15.2. The molecule has 0 saturated heterocycles. The first kappa shape index (κ1) is 18.0. The Balaban J connectivity index is 2.37. The van der Waals surface area contributed by atoms with Crippen LogP contribution in [-0.2, 0) is 21.2 Å². The molecule has 0 aliphatic carbocycles. The van der Waals surface area contributed by atoms with Crippen LogP contribution >= 0.6 is 11.6 Å². The number of sulfone groups is 1. The number of halogens is 1. The topological polar surface area (TPSA) is 100 Å². The van der Waals surface area contributed by atoms with Gasteiger partial charge in [-0.05, 0) is 49.4 Å². The lowest BCUT2D eigenvalue weighted by molar-refractivity contribution is -0.137. The summed E-state index contributed by atoms with van der Waals surface area (Å²) in [6.07, 6.45) is 0. The Hall–Kier alpha value is -2.82. The molecule has 0 unspecified atom stereocenters. The molecular weight excluding hydrogens is 376 g/mol. The fourth-order valence-electron chi connectivity index (χ4n) is 2.93. The number of aromatic nitrogens is 1. The van der Waals surface area contributed by atoms with Gasteiger partial charge in [0.05, 0.1) is 22.0 Å². The zero-order valence-electron chi connectivity index (χ0n) is 13.6. The highest BCUT2D eigenvalue weighted by Gasteiger charge is 2.27. The van der Waals surface area contributed by atoms with Gasteiger partial charge in [-0.1, -0.05) is 11.6 Å². The highest BCUT2D eigenvalue weighted by Crippen LogP contribution is 2.34. The third kappa shape index (κ3) is 2.94. The first-order valence-electron chi connectivity index (χ1n) is 7.51. The number of aliphatic carboxylic acids is 1. The zero-order chi connectivity index (χ0) is 19.1. The first-order chi connectivity index (χ1) is 12.3. The third-order valence-electron chi connectivity index (χ3n) is 4.08. The van der Waals surface area contributed by atoms with Gasteiger partial charge in [-0.2, -0.15) is 5.26 Å². The highest BCUT2D eigenvalue weighted by molar-refractivity contribution is 7.91. The van der Waals surface area contributed by atoms with Gasteiger partial charge in [0, 0.05) is 16.1 Å². The van der Waals surface area contributed by atoms with Gasteiger partial charge in [-0.15, -0.1) is 0 Å². The van der Waals surface area contributed by atoms with Crippen molar-refractivity contribution in [1.82, 2.24) is 4.57 Å². The van der Waals surface area contributed by atoms with E-state index in [1.54, 1.807) is 13.0 Å². The fraction of sp³-hybridized carbons (Fsp3) is 0.111. The van der Waals surface area contributed by atoms with Gasteiger partial charge >= 0.3 is 5.97 Å². The average molecular weight is 389 g/mol. The molecule has 1 N–H and O–H groups in total. The van der Waals surface area contributed by atoms with E-state index in [4.69, 9.17) is 16.9 Å². The van der Waals surface area contributed by atoms with Crippen molar-refractivity contribution in [1.29, 1.82) is 5.26 Å². The Labute approximate surface area is 154 Å². The largest absolute Gasteiger partial charge is 0.480 e. The third-order valence-corrected chi connectivity index (χ3v) is 6.28. The summed E-state index contributed by atoms with van der Waals surface area (Å²) in [5.41, 5.74) is 1.03.